The van der Waals surface area contributed by atoms with Gasteiger partial charge in [-0.1, -0.05) is 18.0 Å². The molecule has 1 fully saturated rings. The van der Waals surface area contributed by atoms with Gasteiger partial charge in [0.1, 0.15) is 5.75 Å². The van der Waals surface area contributed by atoms with Gasteiger partial charge in [0.05, 0.1) is 12.1 Å². The Bertz CT molecular complexity index is 379. The van der Waals surface area contributed by atoms with Crippen LogP contribution in [-0.4, -0.2) is 16.3 Å². The molecule has 0 heterocycles. The van der Waals surface area contributed by atoms with Gasteiger partial charge in [0, 0.05) is 10.6 Å². The molecule has 1 aromatic carbocycles. The van der Waals surface area contributed by atoms with Crippen molar-refractivity contribution in [1.29, 1.82) is 0 Å². The van der Waals surface area contributed by atoms with Gasteiger partial charge in [0.15, 0.2) is 0 Å². The molecular formula is C12H16ClNO2. The third-order valence-corrected chi connectivity index (χ3v) is 3.58. The zero-order valence-electron chi connectivity index (χ0n) is 8.94. The number of aliphatic hydroxyl groups excluding tert-OH is 1. The fraction of sp³-hybridized carbons (Fsp3) is 0.500. The van der Waals surface area contributed by atoms with Crippen LogP contribution in [0.4, 0.5) is 0 Å². The van der Waals surface area contributed by atoms with Crippen LogP contribution in [0.3, 0.4) is 0 Å². The summed E-state index contributed by atoms with van der Waals surface area (Å²) in [6.07, 6.45) is 2.57. The van der Waals surface area contributed by atoms with E-state index in [4.69, 9.17) is 17.3 Å². The molecule has 1 aliphatic rings. The standard InChI is InChI=1S/C12H16ClNO2/c13-8-4-5-10(15)9(6-8)11(14)12(16)7-2-1-3-7/h4-7,11-12,15-16H,1-3,14H2/t11-,12+/m0/s1. The Morgan fingerprint density at radius 1 is 1.38 bits per heavy atom. The Kier molecular flexibility index (Phi) is 3.38. The predicted octanol–water partition coefficient (Wildman–Crippen LogP) is 2.21. The number of nitrogens with two attached hydrogens (primary N) is 1. The summed E-state index contributed by atoms with van der Waals surface area (Å²) in [5.74, 6) is 0.351. The second kappa shape index (κ2) is 4.62. The monoisotopic (exact) mass is 241 g/mol. The highest BCUT2D eigenvalue weighted by molar-refractivity contribution is 6.30. The van der Waals surface area contributed by atoms with Gasteiger partial charge in [-0.15, -0.1) is 0 Å². The molecule has 0 amide bonds. The van der Waals surface area contributed by atoms with Gasteiger partial charge in [-0.25, -0.2) is 0 Å². The Morgan fingerprint density at radius 3 is 2.62 bits per heavy atom. The lowest BCUT2D eigenvalue weighted by atomic mass is 9.77. The van der Waals surface area contributed by atoms with Crippen molar-refractivity contribution in [3.63, 3.8) is 0 Å². The summed E-state index contributed by atoms with van der Waals surface area (Å²) in [7, 11) is 0. The first-order valence-electron chi connectivity index (χ1n) is 5.51. The maximum absolute atomic E-state index is 10.0. The lowest BCUT2D eigenvalue weighted by Crippen LogP contribution is -2.36. The van der Waals surface area contributed by atoms with Crippen molar-refractivity contribution >= 4 is 11.6 Å². The molecule has 0 saturated heterocycles. The van der Waals surface area contributed by atoms with Crippen molar-refractivity contribution in [3.05, 3.63) is 28.8 Å². The molecule has 2 rings (SSSR count). The summed E-state index contributed by atoms with van der Waals surface area (Å²) in [5.41, 5.74) is 6.47. The average molecular weight is 242 g/mol. The largest absolute Gasteiger partial charge is 0.508 e. The van der Waals surface area contributed by atoms with E-state index >= 15 is 0 Å². The van der Waals surface area contributed by atoms with Gasteiger partial charge in [0.2, 0.25) is 0 Å². The van der Waals surface area contributed by atoms with Crippen molar-refractivity contribution in [3.8, 4) is 5.75 Å². The zero-order valence-corrected chi connectivity index (χ0v) is 9.69. The maximum Gasteiger partial charge on any atom is 0.120 e. The van der Waals surface area contributed by atoms with E-state index in [1.807, 2.05) is 0 Å². The first kappa shape index (κ1) is 11.7. The predicted molar refractivity (Wildman–Crippen MR) is 63.4 cm³/mol. The molecule has 2 atom stereocenters. The Labute approximate surface area is 99.8 Å². The van der Waals surface area contributed by atoms with E-state index in [9.17, 15) is 10.2 Å². The molecule has 0 spiro atoms. The normalized spacial score (nSPS) is 20.2. The van der Waals surface area contributed by atoms with Crippen LogP contribution in [-0.2, 0) is 0 Å². The smallest absolute Gasteiger partial charge is 0.120 e. The number of phenols is 1. The SMILES string of the molecule is N[C@@H](c1cc(Cl)ccc1O)[C@H](O)C1CCC1. The highest BCUT2D eigenvalue weighted by Crippen LogP contribution is 2.36. The van der Waals surface area contributed by atoms with E-state index in [0.29, 0.717) is 10.6 Å². The van der Waals surface area contributed by atoms with Crippen molar-refractivity contribution in [2.45, 2.75) is 31.4 Å². The van der Waals surface area contributed by atoms with E-state index in [1.54, 1.807) is 12.1 Å². The number of halogens is 1. The van der Waals surface area contributed by atoms with Crippen LogP contribution < -0.4 is 5.73 Å². The van der Waals surface area contributed by atoms with Gasteiger partial charge in [-0.3, -0.25) is 0 Å². The third kappa shape index (κ3) is 2.17. The number of phenolic OH excluding ortho intramolecular Hbond substituents is 1. The molecule has 0 aromatic heterocycles. The first-order valence-corrected chi connectivity index (χ1v) is 5.89. The van der Waals surface area contributed by atoms with Gasteiger partial charge in [0.25, 0.3) is 0 Å². The maximum atomic E-state index is 10.0. The van der Waals surface area contributed by atoms with E-state index < -0.39 is 12.1 Å². The van der Waals surface area contributed by atoms with E-state index in [-0.39, 0.29) is 11.7 Å². The summed E-state index contributed by atoms with van der Waals surface area (Å²) in [6.45, 7) is 0. The fourth-order valence-electron chi connectivity index (χ4n) is 2.05. The van der Waals surface area contributed by atoms with Crippen LogP contribution in [0.1, 0.15) is 30.9 Å². The van der Waals surface area contributed by atoms with E-state index in [0.717, 1.165) is 19.3 Å². The van der Waals surface area contributed by atoms with Crippen molar-refractivity contribution in [1.82, 2.24) is 0 Å². The van der Waals surface area contributed by atoms with Crippen molar-refractivity contribution < 1.29 is 10.2 Å². The molecule has 16 heavy (non-hydrogen) atoms. The number of benzene rings is 1. The van der Waals surface area contributed by atoms with Crippen LogP contribution in [0, 0.1) is 5.92 Å². The number of hydrogen-bond donors (Lipinski definition) is 3. The van der Waals surface area contributed by atoms with Crippen LogP contribution in [0.15, 0.2) is 18.2 Å². The summed E-state index contributed by atoms with van der Waals surface area (Å²) < 4.78 is 0. The molecule has 0 bridgehead atoms. The van der Waals surface area contributed by atoms with Crippen LogP contribution >= 0.6 is 11.6 Å². The summed E-state index contributed by atoms with van der Waals surface area (Å²) >= 11 is 5.84. The molecule has 1 saturated carbocycles. The van der Waals surface area contributed by atoms with Crippen molar-refractivity contribution in [2.24, 2.45) is 11.7 Å². The van der Waals surface area contributed by atoms with Crippen LogP contribution in [0.5, 0.6) is 5.75 Å². The molecule has 4 heteroatoms. The summed E-state index contributed by atoms with van der Waals surface area (Å²) in [5, 5.41) is 20.2. The minimum Gasteiger partial charge on any atom is -0.508 e. The Morgan fingerprint density at radius 2 is 2.06 bits per heavy atom. The lowest BCUT2D eigenvalue weighted by Gasteiger charge is -2.34. The van der Waals surface area contributed by atoms with Crippen LogP contribution in [0.25, 0.3) is 0 Å². The number of hydrogen-bond acceptors (Lipinski definition) is 3. The average Bonchev–Trinajstić information content (AvgIpc) is 2.18. The number of aliphatic hydroxyl groups is 1. The lowest BCUT2D eigenvalue weighted by molar-refractivity contribution is 0.0408. The van der Waals surface area contributed by atoms with Crippen LogP contribution in [0.2, 0.25) is 5.02 Å². The van der Waals surface area contributed by atoms with Crippen molar-refractivity contribution in [2.75, 3.05) is 0 Å². The third-order valence-electron chi connectivity index (χ3n) is 3.35. The Balaban J connectivity index is 2.18. The summed E-state index contributed by atoms with van der Waals surface area (Å²) in [4.78, 5) is 0. The molecule has 1 aromatic rings. The quantitative estimate of drug-likeness (QED) is 0.760. The van der Waals surface area contributed by atoms with E-state index in [2.05, 4.69) is 0 Å². The summed E-state index contributed by atoms with van der Waals surface area (Å²) in [6, 6.07) is 4.15. The second-order valence-corrected chi connectivity index (χ2v) is 4.85. The number of aromatic hydroxyl groups is 1. The van der Waals surface area contributed by atoms with Gasteiger partial charge < -0.3 is 15.9 Å². The second-order valence-electron chi connectivity index (χ2n) is 4.41. The van der Waals surface area contributed by atoms with Gasteiger partial charge >= 0.3 is 0 Å². The molecule has 1 aliphatic carbocycles. The number of rotatable bonds is 3. The highest BCUT2D eigenvalue weighted by Gasteiger charge is 2.31. The molecule has 0 aliphatic heterocycles. The fourth-order valence-corrected chi connectivity index (χ4v) is 2.23. The van der Waals surface area contributed by atoms with Gasteiger partial charge in [-0.05, 0) is 37.0 Å². The molecule has 0 radical (unpaired) electrons. The Hall–Kier alpha value is -0.770. The highest BCUT2D eigenvalue weighted by atomic mass is 35.5. The van der Waals surface area contributed by atoms with E-state index in [1.165, 1.54) is 6.07 Å². The molecule has 4 N–H and O–H groups in total. The van der Waals surface area contributed by atoms with Gasteiger partial charge in [-0.2, -0.15) is 0 Å². The topological polar surface area (TPSA) is 66.5 Å². The molecule has 0 unspecified atom stereocenters. The molecule has 3 nitrogen and oxygen atoms in total. The minimum absolute atomic E-state index is 0.0928. The molecular weight excluding hydrogens is 226 g/mol. The molecule has 88 valence electrons. The first-order chi connectivity index (χ1) is 7.59. The minimum atomic E-state index is -0.599. The zero-order chi connectivity index (χ0) is 11.7.